The number of quaternary nitrogens is 1. The lowest BCUT2D eigenvalue weighted by Gasteiger charge is -2.06. The molecule has 1 saturated heterocycles. The molecule has 5 nitrogen and oxygen atoms in total. The summed E-state index contributed by atoms with van der Waals surface area (Å²) in [5.41, 5.74) is 1.51. The van der Waals surface area contributed by atoms with Gasteiger partial charge in [0.25, 0.3) is 0 Å². The van der Waals surface area contributed by atoms with Crippen molar-refractivity contribution < 1.29 is 24.0 Å². The smallest absolute Gasteiger partial charge is 0.338 e. The average molecular weight is 330 g/mol. The van der Waals surface area contributed by atoms with Crippen LogP contribution in [0, 0.1) is 0 Å². The summed E-state index contributed by atoms with van der Waals surface area (Å²) in [6.07, 6.45) is 2.72. The minimum atomic E-state index is -0.298. The first-order valence-electron chi connectivity index (χ1n) is 8.56. The number of benzene rings is 1. The van der Waals surface area contributed by atoms with Crippen LogP contribution in [0.15, 0.2) is 40.8 Å². The lowest BCUT2D eigenvalue weighted by atomic mass is 10.1. The van der Waals surface area contributed by atoms with Gasteiger partial charge in [-0.1, -0.05) is 12.1 Å². The molecule has 128 valence electrons. The Labute approximate surface area is 141 Å². The van der Waals surface area contributed by atoms with E-state index in [-0.39, 0.29) is 5.97 Å². The van der Waals surface area contributed by atoms with Gasteiger partial charge in [0, 0.05) is 12.2 Å². The van der Waals surface area contributed by atoms with Crippen molar-refractivity contribution in [2.24, 2.45) is 0 Å². The second-order valence-corrected chi connectivity index (χ2v) is 5.93. The van der Waals surface area contributed by atoms with Crippen LogP contribution in [-0.4, -0.2) is 31.8 Å². The van der Waals surface area contributed by atoms with Crippen molar-refractivity contribution >= 4 is 5.97 Å². The predicted octanol–water partition coefficient (Wildman–Crippen LogP) is 2.37. The fourth-order valence-electron chi connectivity index (χ4n) is 2.87. The molecule has 24 heavy (non-hydrogen) atoms. The SMILES string of the molecule is CCOC(=O)c1ccc(-c2ccc(C[NH2+]C[C@@H]3CCCO3)o2)cc1. The summed E-state index contributed by atoms with van der Waals surface area (Å²) in [7, 11) is 0. The minimum absolute atomic E-state index is 0.298. The number of hydrogen-bond donors (Lipinski definition) is 1. The monoisotopic (exact) mass is 330 g/mol. The van der Waals surface area contributed by atoms with Crippen molar-refractivity contribution in [2.75, 3.05) is 19.8 Å². The Morgan fingerprint density at radius 1 is 1.25 bits per heavy atom. The number of nitrogens with two attached hydrogens (primary N) is 1. The standard InChI is InChI=1S/C19H23NO4/c1-2-22-19(21)15-7-5-14(6-8-15)18-10-9-17(24-18)13-20-12-16-4-3-11-23-16/h5-10,16,20H,2-4,11-13H2,1H3/p+1/t16-/m0/s1. The van der Waals surface area contributed by atoms with Crippen LogP contribution in [0.5, 0.6) is 0 Å². The Hall–Kier alpha value is -2.11. The van der Waals surface area contributed by atoms with Crippen molar-refractivity contribution in [3.63, 3.8) is 0 Å². The Balaban J connectivity index is 1.55. The van der Waals surface area contributed by atoms with Gasteiger partial charge in [-0.15, -0.1) is 0 Å². The van der Waals surface area contributed by atoms with Crippen molar-refractivity contribution in [1.29, 1.82) is 0 Å². The molecule has 1 atom stereocenters. The maximum absolute atomic E-state index is 11.7. The maximum Gasteiger partial charge on any atom is 0.338 e. The minimum Gasteiger partial charge on any atom is -0.462 e. The molecule has 2 heterocycles. The molecular formula is C19H24NO4+. The average Bonchev–Trinajstić information content (AvgIpc) is 3.27. The van der Waals surface area contributed by atoms with Gasteiger partial charge in [0.15, 0.2) is 5.76 Å². The number of esters is 1. The maximum atomic E-state index is 11.7. The third-order valence-corrected chi connectivity index (χ3v) is 4.14. The molecule has 1 fully saturated rings. The van der Waals surface area contributed by atoms with E-state index in [0.717, 1.165) is 43.2 Å². The summed E-state index contributed by atoms with van der Waals surface area (Å²) in [4.78, 5) is 11.7. The highest BCUT2D eigenvalue weighted by Gasteiger charge is 2.17. The molecule has 0 radical (unpaired) electrons. The van der Waals surface area contributed by atoms with Gasteiger partial charge in [0.05, 0.1) is 12.2 Å². The Bertz CT molecular complexity index is 656. The number of carbonyl (C=O) groups is 1. The highest BCUT2D eigenvalue weighted by Crippen LogP contribution is 2.22. The summed E-state index contributed by atoms with van der Waals surface area (Å²) in [5.74, 6) is 1.45. The Morgan fingerprint density at radius 3 is 2.79 bits per heavy atom. The molecular weight excluding hydrogens is 306 g/mol. The van der Waals surface area contributed by atoms with Gasteiger partial charge >= 0.3 is 5.97 Å². The molecule has 2 aromatic rings. The second kappa shape index (κ2) is 8.13. The highest BCUT2D eigenvalue weighted by atomic mass is 16.5. The predicted molar refractivity (Wildman–Crippen MR) is 89.6 cm³/mol. The molecule has 1 aliphatic heterocycles. The van der Waals surface area contributed by atoms with Crippen molar-refractivity contribution in [3.8, 4) is 11.3 Å². The molecule has 1 aliphatic rings. The first-order chi connectivity index (χ1) is 11.8. The van der Waals surface area contributed by atoms with Gasteiger partial charge in [-0.3, -0.25) is 0 Å². The molecule has 0 saturated carbocycles. The van der Waals surface area contributed by atoms with E-state index in [1.807, 2.05) is 24.3 Å². The van der Waals surface area contributed by atoms with E-state index in [4.69, 9.17) is 13.9 Å². The zero-order chi connectivity index (χ0) is 16.8. The van der Waals surface area contributed by atoms with Gasteiger partial charge < -0.3 is 19.2 Å². The number of ether oxygens (including phenoxy) is 2. The van der Waals surface area contributed by atoms with Crippen molar-refractivity contribution in [3.05, 3.63) is 47.7 Å². The van der Waals surface area contributed by atoms with Crippen molar-refractivity contribution in [2.45, 2.75) is 32.4 Å². The van der Waals surface area contributed by atoms with Gasteiger partial charge in [-0.05, 0) is 44.0 Å². The number of rotatable bonds is 7. The van der Waals surface area contributed by atoms with Crippen LogP contribution in [0.2, 0.25) is 0 Å². The molecule has 2 N–H and O–H groups in total. The van der Waals surface area contributed by atoms with Gasteiger partial charge in [0.1, 0.15) is 25.0 Å². The molecule has 1 aromatic heterocycles. The van der Waals surface area contributed by atoms with Crippen LogP contribution in [0.1, 0.15) is 35.9 Å². The molecule has 3 rings (SSSR count). The Morgan fingerprint density at radius 2 is 2.08 bits per heavy atom. The van der Waals surface area contributed by atoms with Gasteiger partial charge in [-0.25, -0.2) is 4.79 Å². The van der Waals surface area contributed by atoms with Gasteiger partial charge in [0.2, 0.25) is 0 Å². The van der Waals surface area contributed by atoms with Crippen LogP contribution < -0.4 is 5.32 Å². The molecule has 0 spiro atoms. The lowest BCUT2D eigenvalue weighted by Crippen LogP contribution is -2.84. The number of furan rings is 1. The van der Waals surface area contributed by atoms with E-state index in [1.165, 1.54) is 6.42 Å². The van der Waals surface area contributed by atoms with E-state index >= 15 is 0 Å². The first-order valence-corrected chi connectivity index (χ1v) is 8.56. The van der Waals surface area contributed by atoms with E-state index < -0.39 is 0 Å². The van der Waals surface area contributed by atoms with Gasteiger partial charge in [-0.2, -0.15) is 0 Å². The first kappa shape index (κ1) is 16.7. The number of carbonyl (C=O) groups excluding carboxylic acids is 1. The molecule has 5 heteroatoms. The zero-order valence-electron chi connectivity index (χ0n) is 14.0. The van der Waals surface area contributed by atoms with E-state index in [2.05, 4.69) is 5.32 Å². The van der Waals surface area contributed by atoms with Crippen molar-refractivity contribution in [1.82, 2.24) is 0 Å². The third-order valence-electron chi connectivity index (χ3n) is 4.14. The van der Waals surface area contributed by atoms with Crippen LogP contribution in [-0.2, 0) is 16.0 Å². The summed E-state index contributed by atoms with van der Waals surface area (Å²) in [5, 5.41) is 2.22. The highest BCUT2D eigenvalue weighted by molar-refractivity contribution is 5.89. The molecule has 0 bridgehead atoms. The van der Waals surface area contributed by atoms with Crippen LogP contribution in [0.4, 0.5) is 0 Å². The summed E-state index contributed by atoms with van der Waals surface area (Å²) < 4.78 is 16.5. The zero-order valence-corrected chi connectivity index (χ0v) is 14.0. The normalized spacial score (nSPS) is 17.1. The Kier molecular flexibility index (Phi) is 5.67. The number of hydrogen-bond acceptors (Lipinski definition) is 4. The van der Waals surface area contributed by atoms with Crippen LogP contribution >= 0.6 is 0 Å². The lowest BCUT2D eigenvalue weighted by molar-refractivity contribution is -0.677. The van der Waals surface area contributed by atoms with E-state index in [9.17, 15) is 4.79 Å². The molecule has 1 aromatic carbocycles. The molecule has 0 unspecified atom stereocenters. The summed E-state index contributed by atoms with van der Waals surface area (Å²) >= 11 is 0. The third kappa shape index (κ3) is 4.24. The van der Waals surface area contributed by atoms with Crippen LogP contribution in [0.25, 0.3) is 11.3 Å². The molecule has 0 aliphatic carbocycles. The van der Waals surface area contributed by atoms with E-state index in [0.29, 0.717) is 18.3 Å². The second-order valence-electron chi connectivity index (χ2n) is 5.93. The van der Waals surface area contributed by atoms with Crippen LogP contribution in [0.3, 0.4) is 0 Å². The largest absolute Gasteiger partial charge is 0.462 e. The topological polar surface area (TPSA) is 65.3 Å². The summed E-state index contributed by atoms with van der Waals surface area (Å²) in [6, 6.07) is 11.3. The quantitative estimate of drug-likeness (QED) is 0.792. The molecule has 0 amide bonds. The fraction of sp³-hybridized carbons (Fsp3) is 0.421. The van der Waals surface area contributed by atoms with E-state index in [1.54, 1.807) is 19.1 Å². The summed E-state index contributed by atoms with van der Waals surface area (Å²) in [6.45, 7) is 4.85. The fourth-order valence-corrected chi connectivity index (χ4v) is 2.87.